The number of rotatable bonds is 5. The summed E-state index contributed by atoms with van der Waals surface area (Å²) < 4.78 is 31.5. The Bertz CT molecular complexity index is 427. The second-order valence-electron chi connectivity index (χ2n) is 4.35. The number of ether oxygens (including phenoxy) is 1. The first-order valence-corrected chi connectivity index (χ1v) is 5.62. The Morgan fingerprint density at radius 1 is 1.47 bits per heavy atom. The Balaban J connectivity index is 2.09. The van der Waals surface area contributed by atoms with Crippen LogP contribution in [0.4, 0.5) is 8.78 Å². The highest BCUT2D eigenvalue weighted by Crippen LogP contribution is 2.35. The molecule has 0 saturated heterocycles. The third kappa shape index (κ3) is 2.69. The SMILES string of the molecule is COC(C(=O)Cc1cccc(F)c1F)C1CC1. The summed E-state index contributed by atoms with van der Waals surface area (Å²) in [6, 6.07) is 3.87. The van der Waals surface area contributed by atoms with Gasteiger partial charge < -0.3 is 4.74 Å². The average molecular weight is 240 g/mol. The van der Waals surface area contributed by atoms with E-state index in [1.165, 1.54) is 19.2 Å². The molecule has 0 heterocycles. The topological polar surface area (TPSA) is 26.3 Å². The van der Waals surface area contributed by atoms with Gasteiger partial charge in [-0.15, -0.1) is 0 Å². The molecule has 0 spiro atoms. The van der Waals surface area contributed by atoms with Crippen LogP contribution in [0.1, 0.15) is 18.4 Å². The average Bonchev–Trinajstić information content (AvgIpc) is 3.10. The van der Waals surface area contributed by atoms with Crippen LogP contribution in [-0.2, 0) is 16.0 Å². The maximum atomic E-state index is 13.4. The molecular weight excluding hydrogens is 226 g/mol. The molecule has 0 bridgehead atoms. The van der Waals surface area contributed by atoms with Gasteiger partial charge in [0.1, 0.15) is 6.10 Å². The zero-order valence-corrected chi connectivity index (χ0v) is 9.58. The van der Waals surface area contributed by atoms with Crippen LogP contribution in [0.3, 0.4) is 0 Å². The molecule has 0 amide bonds. The molecule has 0 radical (unpaired) electrons. The number of benzene rings is 1. The molecule has 1 atom stereocenters. The van der Waals surface area contributed by atoms with Crippen molar-refractivity contribution in [2.75, 3.05) is 7.11 Å². The van der Waals surface area contributed by atoms with Gasteiger partial charge in [0, 0.05) is 13.5 Å². The molecular formula is C13H14F2O2. The van der Waals surface area contributed by atoms with Crippen molar-refractivity contribution in [2.24, 2.45) is 5.92 Å². The van der Waals surface area contributed by atoms with Crippen molar-refractivity contribution in [3.05, 3.63) is 35.4 Å². The van der Waals surface area contributed by atoms with E-state index in [0.29, 0.717) is 0 Å². The standard InChI is InChI=1S/C13H14F2O2/c1-17-13(8-5-6-8)11(16)7-9-3-2-4-10(14)12(9)15/h2-4,8,13H,5-7H2,1H3. The molecule has 4 heteroatoms. The number of hydrogen-bond acceptors (Lipinski definition) is 2. The summed E-state index contributed by atoms with van der Waals surface area (Å²) in [4.78, 5) is 11.9. The van der Waals surface area contributed by atoms with Gasteiger partial charge in [-0.3, -0.25) is 4.79 Å². The van der Waals surface area contributed by atoms with Crippen molar-refractivity contribution >= 4 is 5.78 Å². The van der Waals surface area contributed by atoms with Crippen molar-refractivity contribution in [3.8, 4) is 0 Å². The predicted molar refractivity (Wildman–Crippen MR) is 58.6 cm³/mol. The molecule has 2 rings (SSSR count). The van der Waals surface area contributed by atoms with Crippen molar-refractivity contribution in [1.82, 2.24) is 0 Å². The van der Waals surface area contributed by atoms with Crippen LogP contribution in [0.25, 0.3) is 0 Å². The zero-order valence-electron chi connectivity index (χ0n) is 9.58. The molecule has 0 aliphatic heterocycles. The van der Waals surface area contributed by atoms with E-state index >= 15 is 0 Å². The third-order valence-electron chi connectivity index (χ3n) is 3.02. The Labute approximate surface area is 98.6 Å². The van der Waals surface area contributed by atoms with Crippen molar-refractivity contribution < 1.29 is 18.3 Å². The van der Waals surface area contributed by atoms with Gasteiger partial charge in [-0.25, -0.2) is 8.78 Å². The van der Waals surface area contributed by atoms with Crippen LogP contribution in [0.15, 0.2) is 18.2 Å². The quantitative estimate of drug-likeness (QED) is 0.790. The Morgan fingerprint density at radius 2 is 2.18 bits per heavy atom. The summed E-state index contributed by atoms with van der Waals surface area (Å²) >= 11 is 0. The summed E-state index contributed by atoms with van der Waals surface area (Å²) in [5, 5.41) is 0. The lowest BCUT2D eigenvalue weighted by Crippen LogP contribution is -2.27. The number of halogens is 2. The molecule has 92 valence electrons. The van der Waals surface area contributed by atoms with Gasteiger partial charge in [-0.1, -0.05) is 12.1 Å². The summed E-state index contributed by atoms with van der Waals surface area (Å²) in [6.45, 7) is 0. The first-order chi connectivity index (χ1) is 8.13. The molecule has 1 fully saturated rings. The summed E-state index contributed by atoms with van der Waals surface area (Å²) in [6.07, 6.45) is 1.35. The van der Waals surface area contributed by atoms with Crippen LogP contribution in [0.2, 0.25) is 0 Å². The second kappa shape index (κ2) is 4.92. The Hall–Kier alpha value is -1.29. The minimum atomic E-state index is -0.938. The van der Waals surface area contributed by atoms with E-state index in [-0.39, 0.29) is 23.7 Å². The molecule has 1 aromatic carbocycles. The van der Waals surface area contributed by atoms with E-state index in [2.05, 4.69) is 0 Å². The Morgan fingerprint density at radius 3 is 2.76 bits per heavy atom. The lowest BCUT2D eigenvalue weighted by atomic mass is 10.0. The lowest BCUT2D eigenvalue weighted by Gasteiger charge is -2.13. The molecule has 1 saturated carbocycles. The maximum absolute atomic E-state index is 13.4. The van der Waals surface area contributed by atoms with Crippen LogP contribution in [0.5, 0.6) is 0 Å². The first-order valence-electron chi connectivity index (χ1n) is 5.62. The van der Waals surface area contributed by atoms with Gasteiger partial charge in [0.25, 0.3) is 0 Å². The van der Waals surface area contributed by atoms with Gasteiger partial charge in [-0.2, -0.15) is 0 Å². The van der Waals surface area contributed by atoms with Crippen LogP contribution < -0.4 is 0 Å². The lowest BCUT2D eigenvalue weighted by molar-refractivity contribution is -0.129. The van der Waals surface area contributed by atoms with Gasteiger partial charge in [0.2, 0.25) is 0 Å². The minimum Gasteiger partial charge on any atom is -0.373 e. The van der Waals surface area contributed by atoms with Gasteiger partial charge in [0.05, 0.1) is 0 Å². The monoisotopic (exact) mass is 240 g/mol. The van der Waals surface area contributed by atoms with Crippen molar-refractivity contribution in [3.63, 3.8) is 0 Å². The number of carbonyl (C=O) groups excluding carboxylic acids is 1. The highest BCUT2D eigenvalue weighted by molar-refractivity contribution is 5.85. The highest BCUT2D eigenvalue weighted by atomic mass is 19.2. The molecule has 0 aromatic heterocycles. The maximum Gasteiger partial charge on any atom is 0.166 e. The Kier molecular flexibility index (Phi) is 3.52. The van der Waals surface area contributed by atoms with Crippen LogP contribution >= 0.6 is 0 Å². The van der Waals surface area contributed by atoms with E-state index in [9.17, 15) is 13.6 Å². The molecule has 1 unspecified atom stereocenters. The normalized spacial score (nSPS) is 16.9. The predicted octanol–water partition coefficient (Wildman–Crippen LogP) is 2.50. The molecule has 1 aliphatic rings. The van der Waals surface area contributed by atoms with E-state index < -0.39 is 17.7 Å². The van der Waals surface area contributed by atoms with E-state index in [4.69, 9.17) is 4.74 Å². The molecule has 1 aliphatic carbocycles. The van der Waals surface area contributed by atoms with E-state index in [1.54, 1.807) is 0 Å². The fraction of sp³-hybridized carbons (Fsp3) is 0.462. The minimum absolute atomic E-state index is 0.0951. The number of hydrogen-bond donors (Lipinski definition) is 0. The molecule has 0 N–H and O–H groups in total. The first kappa shape index (κ1) is 12.2. The van der Waals surface area contributed by atoms with Gasteiger partial charge >= 0.3 is 0 Å². The highest BCUT2D eigenvalue weighted by Gasteiger charge is 2.36. The number of Topliss-reactive ketones (excluding diaryl/α,β-unsaturated/α-hetero) is 1. The van der Waals surface area contributed by atoms with Crippen LogP contribution in [0, 0.1) is 17.6 Å². The molecule has 2 nitrogen and oxygen atoms in total. The number of ketones is 1. The molecule has 17 heavy (non-hydrogen) atoms. The van der Waals surface area contributed by atoms with Crippen molar-refractivity contribution in [2.45, 2.75) is 25.4 Å². The van der Waals surface area contributed by atoms with Gasteiger partial charge in [-0.05, 0) is 30.4 Å². The smallest absolute Gasteiger partial charge is 0.166 e. The summed E-state index contributed by atoms with van der Waals surface area (Å²) in [5.41, 5.74) is 0.0951. The van der Waals surface area contributed by atoms with Gasteiger partial charge in [0.15, 0.2) is 17.4 Å². The van der Waals surface area contributed by atoms with E-state index in [0.717, 1.165) is 18.9 Å². The third-order valence-corrected chi connectivity index (χ3v) is 3.02. The largest absolute Gasteiger partial charge is 0.373 e. The molecule has 1 aromatic rings. The number of methoxy groups -OCH3 is 1. The summed E-state index contributed by atoms with van der Waals surface area (Å²) in [7, 11) is 1.48. The second-order valence-corrected chi connectivity index (χ2v) is 4.35. The van der Waals surface area contributed by atoms with Crippen LogP contribution in [-0.4, -0.2) is 19.0 Å². The zero-order chi connectivity index (χ0) is 12.4. The van der Waals surface area contributed by atoms with E-state index in [1.807, 2.05) is 0 Å². The fourth-order valence-corrected chi connectivity index (χ4v) is 1.96. The van der Waals surface area contributed by atoms with Crippen molar-refractivity contribution in [1.29, 1.82) is 0 Å². The fourth-order valence-electron chi connectivity index (χ4n) is 1.96. The summed E-state index contributed by atoms with van der Waals surface area (Å²) in [5.74, 6) is -1.79. The number of carbonyl (C=O) groups is 1.